The van der Waals surface area contributed by atoms with E-state index in [1.165, 1.54) is 11.3 Å². The molecule has 1 aromatic heterocycles. The lowest BCUT2D eigenvalue weighted by molar-refractivity contribution is -0.130. The second-order valence-corrected chi connectivity index (χ2v) is 5.26. The number of carbonyl (C=O) groups is 1. The highest BCUT2D eigenvalue weighted by Crippen LogP contribution is 2.23. The van der Waals surface area contributed by atoms with Gasteiger partial charge in [0.15, 0.2) is 0 Å². The van der Waals surface area contributed by atoms with Crippen LogP contribution in [0.3, 0.4) is 0 Å². The van der Waals surface area contributed by atoms with Crippen molar-refractivity contribution in [1.29, 1.82) is 0 Å². The summed E-state index contributed by atoms with van der Waals surface area (Å²) in [6, 6.07) is 11.2. The van der Waals surface area contributed by atoms with Crippen molar-refractivity contribution in [1.82, 2.24) is 0 Å². The van der Waals surface area contributed by atoms with Crippen molar-refractivity contribution in [2.24, 2.45) is 0 Å². The third-order valence-electron chi connectivity index (χ3n) is 2.20. The molecule has 0 radical (unpaired) electrons. The Morgan fingerprint density at radius 2 is 1.94 bits per heavy atom. The average Bonchev–Trinajstić information content (AvgIpc) is 2.81. The number of thiophene rings is 1. The van der Waals surface area contributed by atoms with E-state index in [1.54, 1.807) is 6.08 Å². The lowest BCUT2D eigenvalue weighted by Crippen LogP contribution is -1.97. The van der Waals surface area contributed by atoms with Crippen LogP contribution >= 0.6 is 27.3 Å². The Balaban J connectivity index is 2.40. The van der Waals surface area contributed by atoms with Crippen molar-refractivity contribution in [3.63, 3.8) is 0 Å². The molecule has 0 atom stereocenters. The van der Waals surface area contributed by atoms with E-state index in [9.17, 15) is 9.90 Å². The summed E-state index contributed by atoms with van der Waals surface area (Å²) in [6.07, 6.45) is 1.68. The van der Waals surface area contributed by atoms with Crippen LogP contribution in [0.1, 0.15) is 10.4 Å². The van der Waals surface area contributed by atoms with E-state index in [4.69, 9.17) is 0 Å². The number of hydrogen-bond donors (Lipinski definition) is 1. The van der Waals surface area contributed by atoms with Gasteiger partial charge in [0.2, 0.25) is 0 Å². The number of carboxylic acids is 1. The van der Waals surface area contributed by atoms with Crippen LogP contribution in [-0.2, 0) is 4.79 Å². The number of carboxylic acid groups (broad SMARTS) is 1. The van der Waals surface area contributed by atoms with Crippen LogP contribution in [0.15, 0.2) is 46.3 Å². The molecule has 0 aliphatic heterocycles. The summed E-state index contributed by atoms with van der Waals surface area (Å²) in [7, 11) is 0. The van der Waals surface area contributed by atoms with Gasteiger partial charge in [-0.15, -0.1) is 11.3 Å². The van der Waals surface area contributed by atoms with E-state index in [0.717, 1.165) is 14.9 Å². The van der Waals surface area contributed by atoms with Crippen LogP contribution < -0.4 is 0 Å². The van der Waals surface area contributed by atoms with Crippen LogP contribution in [0.4, 0.5) is 0 Å². The fraction of sp³-hybridized carbons (Fsp3) is 0. The SMILES string of the molecule is O=C(O)C(=Cc1ccc(Br)cc1)c1cccs1. The molecule has 1 aromatic carbocycles. The largest absolute Gasteiger partial charge is 0.478 e. The smallest absolute Gasteiger partial charge is 0.337 e. The summed E-state index contributed by atoms with van der Waals surface area (Å²) in [4.78, 5) is 12.0. The number of benzene rings is 1. The summed E-state index contributed by atoms with van der Waals surface area (Å²) in [5.41, 5.74) is 1.20. The fourth-order valence-electron chi connectivity index (χ4n) is 1.40. The van der Waals surface area contributed by atoms with Gasteiger partial charge in [-0.1, -0.05) is 34.1 Å². The monoisotopic (exact) mass is 308 g/mol. The molecule has 2 aromatic rings. The quantitative estimate of drug-likeness (QED) is 0.865. The highest BCUT2D eigenvalue weighted by Gasteiger charge is 2.10. The molecule has 0 spiro atoms. The molecule has 0 amide bonds. The number of hydrogen-bond acceptors (Lipinski definition) is 2. The minimum Gasteiger partial charge on any atom is -0.478 e. The molecule has 1 heterocycles. The second kappa shape index (κ2) is 5.29. The van der Waals surface area contributed by atoms with Crippen LogP contribution in [-0.4, -0.2) is 11.1 Å². The van der Waals surface area contributed by atoms with Crippen molar-refractivity contribution < 1.29 is 9.90 Å². The Morgan fingerprint density at radius 1 is 1.24 bits per heavy atom. The predicted molar refractivity (Wildman–Crippen MR) is 74.0 cm³/mol. The first kappa shape index (κ1) is 12.1. The van der Waals surface area contributed by atoms with Gasteiger partial charge in [-0.05, 0) is 35.2 Å². The Bertz CT molecular complexity index is 541. The van der Waals surface area contributed by atoms with E-state index in [2.05, 4.69) is 15.9 Å². The standard InChI is InChI=1S/C13H9BrO2S/c14-10-5-3-9(4-6-10)8-11(13(15)16)12-2-1-7-17-12/h1-8H,(H,15,16). The van der Waals surface area contributed by atoms with Gasteiger partial charge in [-0.2, -0.15) is 0 Å². The van der Waals surface area contributed by atoms with Crippen LogP contribution in [0.25, 0.3) is 11.6 Å². The summed E-state index contributed by atoms with van der Waals surface area (Å²) in [5.74, 6) is -0.907. The van der Waals surface area contributed by atoms with Gasteiger partial charge in [0.25, 0.3) is 0 Å². The van der Waals surface area contributed by atoms with Gasteiger partial charge in [-0.25, -0.2) is 4.79 Å². The Hall–Kier alpha value is -1.39. The molecule has 0 aliphatic carbocycles. The first-order valence-corrected chi connectivity index (χ1v) is 6.58. The van der Waals surface area contributed by atoms with E-state index >= 15 is 0 Å². The zero-order valence-electron chi connectivity index (χ0n) is 8.76. The fourth-order valence-corrected chi connectivity index (χ4v) is 2.39. The molecule has 2 rings (SSSR count). The molecule has 2 nitrogen and oxygen atoms in total. The average molecular weight is 309 g/mol. The molecule has 17 heavy (non-hydrogen) atoms. The summed E-state index contributed by atoms with van der Waals surface area (Å²) in [5, 5.41) is 11.1. The molecule has 0 saturated carbocycles. The van der Waals surface area contributed by atoms with Gasteiger partial charge < -0.3 is 5.11 Å². The molecular weight excluding hydrogens is 300 g/mol. The van der Waals surface area contributed by atoms with Gasteiger partial charge in [0.1, 0.15) is 0 Å². The van der Waals surface area contributed by atoms with Crippen LogP contribution in [0.5, 0.6) is 0 Å². The maximum absolute atomic E-state index is 11.2. The molecule has 4 heteroatoms. The van der Waals surface area contributed by atoms with Crippen molar-refractivity contribution >= 4 is 44.9 Å². The third kappa shape index (κ3) is 3.05. The molecule has 0 unspecified atom stereocenters. The zero-order chi connectivity index (χ0) is 12.3. The minimum atomic E-state index is -0.907. The summed E-state index contributed by atoms with van der Waals surface area (Å²) >= 11 is 4.77. The third-order valence-corrected chi connectivity index (χ3v) is 3.63. The highest BCUT2D eigenvalue weighted by molar-refractivity contribution is 9.10. The van der Waals surface area contributed by atoms with Gasteiger partial charge in [0.05, 0.1) is 5.57 Å². The molecule has 0 aliphatic rings. The minimum absolute atomic E-state index is 0.322. The maximum atomic E-state index is 11.2. The van der Waals surface area contributed by atoms with E-state index < -0.39 is 5.97 Å². The van der Waals surface area contributed by atoms with E-state index in [0.29, 0.717) is 5.57 Å². The number of aliphatic carboxylic acids is 1. The summed E-state index contributed by atoms with van der Waals surface area (Å²) < 4.78 is 0.975. The van der Waals surface area contributed by atoms with Gasteiger partial charge >= 0.3 is 5.97 Å². The highest BCUT2D eigenvalue weighted by atomic mass is 79.9. The van der Waals surface area contributed by atoms with Gasteiger partial charge in [-0.3, -0.25) is 0 Å². The number of rotatable bonds is 3. The first-order valence-electron chi connectivity index (χ1n) is 4.91. The predicted octanol–water partition coefficient (Wildman–Crippen LogP) is 4.14. The van der Waals surface area contributed by atoms with Crippen molar-refractivity contribution in [3.05, 3.63) is 56.7 Å². The Labute approximate surface area is 111 Å². The number of halogens is 1. The van der Waals surface area contributed by atoms with Crippen LogP contribution in [0, 0.1) is 0 Å². The maximum Gasteiger partial charge on any atom is 0.337 e. The molecule has 0 fully saturated rings. The van der Waals surface area contributed by atoms with Crippen molar-refractivity contribution in [3.8, 4) is 0 Å². The normalized spacial score (nSPS) is 11.5. The second-order valence-electron chi connectivity index (χ2n) is 3.39. The topological polar surface area (TPSA) is 37.3 Å². The summed E-state index contributed by atoms with van der Waals surface area (Å²) in [6.45, 7) is 0. The lowest BCUT2D eigenvalue weighted by atomic mass is 10.1. The molecule has 0 saturated heterocycles. The first-order chi connectivity index (χ1) is 8.16. The van der Waals surface area contributed by atoms with Crippen molar-refractivity contribution in [2.75, 3.05) is 0 Å². The Kier molecular flexibility index (Phi) is 3.76. The van der Waals surface area contributed by atoms with E-state index in [-0.39, 0.29) is 0 Å². The van der Waals surface area contributed by atoms with Gasteiger partial charge in [0, 0.05) is 9.35 Å². The van der Waals surface area contributed by atoms with Crippen LogP contribution in [0.2, 0.25) is 0 Å². The zero-order valence-corrected chi connectivity index (χ0v) is 11.2. The molecule has 86 valence electrons. The Morgan fingerprint density at radius 3 is 2.47 bits per heavy atom. The van der Waals surface area contributed by atoms with Crippen molar-refractivity contribution in [2.45, 2.75) is 0 Å². The van der Waals surface area contributed by atoms with E-state index in [1.807, 2.05) is 41.8 Å². The lowest BCUT2D eigenvalue weighted by Gasteiger charge is -2.00. The molecular formula is C13H9BrO2S. The molecule has 0 bridgehead atoms. The molecule has 1 N–H and O–H groups in total.